The third-order valence-corrected chi connectivity index (χ3v) is 5.14. The first-order chi connectivity index (χ1) is 12.4. The Morgan fingerprint density at radius 3 is 2.46 bits per heavy atom. The summed E-state index contributed by atoms with van der Waals surface area (Å²) in [5.74, 6) is 1.57. The number of rotatable bonds is 7. The van der Waals surface area contributed by atoms with Gasteiger partial charge in [-0.05, 0) is 58.2 Å². The lowest BCUT2D eigenvalue weighted by molar-refractivity contribution is -0.143. The number of guanidine groups is 1. The second-order valence-electron chi connectivity index (χ2n) is 7.62. The summed E-state index contributed by atoms with van der Waals surface area (Å²) in [6.45, 7) is 9.28. The zero-order chi connectivity index (χ0) is 19.0. The van der Waals surface area contributed by atoms with Crippen LogP contribution in [0.3, 0.4) is 0 Å². The molecule has 2 aliphatic rings. The van der Waals surface area contributed by atoms with E-state index in [0.717, 1.165) is 37.9 Å². The summed E-state index contributed by atoms with van der Waals surface area (Å²) in [4.78, 5) is 8.56. The molecule has 0 spiro atoms. The Morgan fingerprint density at radius 1 is 1.12 bits per heavy atom. The van der Waals surface area contributed by atoms with Gasteiger partial charge in [-0.1, -0.05) is 6.92 Å². The summed E-state index contributed by atoms with van der Waals surface area (Å²) in [6, 6.07) is 0.0266. The molecule has 0 bridgehead atoms. The molecule has 0 saturated carbocycles. The Morgan fingerprint density at radius 2 is 1.81 bits per heavy atom. The number of alkyl halides is 3. The van der Waals surface area contributed by atoms with E-state index >= 15 is 0 Å². The van der Waals surface area contributed by atoms with Crippen LogP contribution in [0.15, 0.2) is 4.99 Å². The molecule has 5 nitrogen and oxygen atoms in total. The SMILES string of the molecule is CCNC(=NCCCN1CCC(C)CC1)NC1CCN(CC(F)(F)F)C1. The summed E-state index contributed by atoms with van der Waals surface area (Å²) < 4.78 is 37.5. The summed E-state index contributed by atoms with van der Waals surface area (Å²) in [6.07, 6.45) is 0.162. The first-order valence-electron chi connectivity index (χ1n) is 9.92. The van der Waals surface area contributed by atoms with E-state index in [2.05, 4.69) is 27.4 Å². The maximum atomic E-state index is 12.5. The van der Waals surface area contributed by atoms with Crippen LogP contribution in [-0.4, -0.2) is 80.3 Å². The largest absolute Gasteiger partial charge is 0.401 e. The van der Waals surface area contributed by atoms with Crippen LogP contribution in [-0.2, 0) is 0 Å². The molecule has 0 radical (unpaired) electrons. The van der Waals surface area contributed by atoms with Gasteiger partial charge in [0.25, 0.3) is 0 Å². The summed E-state index contributed by atoms with van der Waals surface area (Å²) in [5.41, 5.74) is 0. The number of piperidine rings is 1. The molecular formula is C18H34F3N5. The Hall–Kier alpha value is -1.02. The molecule has 2 rings (SSSR count). The molecule has 1 atom stereocenters. The molecule has 0 aromatic rings. The second-order valence-corrected chi connectivity index (χ2v) is 7.62. The highest BCUT2D eigenvalue weighted by atomic mass is 19.4. The van der Waals surface area contributed by atoms with Crippen LogP contribution in [0.2, 0.25) is 0 Å². The van der Waals surface area contributed by atoms with E-state index in [9.17, 15) is 13.2 Å². The normalized spacial score (nSPS) is 24.2. The minimum atomic E-state index is -4.13. The minimum Gasteiger partial charge on any atom is -0.357 e. The first kappa shape index (κ1) is 21.3. The molecule has 0 amide bonds. The number of aliphatic imine (C=N–C) groups is 1. The maximum Gasteiger partial charge on any atom is 0.401 e. The van der Waals surface area contributed by atoms with E-state index in [1.807, 2.05) is 6.92 Å². The first-order valence-corrected chi connectivity index (χ1v) is 9.92. The van der Waals surface area contributed by atoms with Crippen LogP contribution < -0.4 is 10.6 Å². The van der Waals surface area contributed by atoms with E-state index in [1.165, 1.54) is 30.8 Å². The van der Waals surface area contributed by atoms with Crippen LogP contribution >= 0.6 is 0 Å². The highest BCUT2D eigenvalue weighted by molar-refractivity contribution is 5.80. The van der Waals surface area contributed by atoms with Gasteiger partial charge in [0.2, 0.25) is 0 Å². The molecule has 152 valence electrons. The molecule has 0 aliphatic carbocycles. The predicted octanol–water partition coefficient (Wildman–Crippen LogP) is 2.30. The van der Waals surface area contributed by atoms with Crippen molar-refractivity contribution in [1.29, 1.82) is 0 Å². The molecule has 0 aromatic heterocycles. The molecule has 2 heterocycles. The van der Waals surface area contributed by atoms with Gasteiger partial charge in [0.1, 0.15) is 0 Å². The predicted molar refractivity (Wildman–Crippen MR) is 99.5 cm³/mol. The molecule has 1 unspecified atom stereocenters. The third kappa shape index (κ3) is 8.12. The van der Waals surface area contributed by atoms with E-state index in [4.69, 9.17) is 0 Å². The summed E-state index contributed by atoms with van der Waals surface area (Å²) in [5, 5.41) is 6.49. The van der Waals surface area contributed by atoms with Crippen LogP contribution in [0, 0.1) is 5.92 Å². The molecule has 2 saturated heterocycles. The minimum absolute atomic E-state index is 0.0266. The van der Waals surface area contributed by atoms with Gasteiger partial charge in [0, 0.05) is 32.2 Å². The van der Waals surface area contributed by atoms with Gasteiger partial charge >= 0.3 is 6.18 Å². The fraction of sp³-hybridized carbons (Fsp3) is 0.944. The zero-order valence-electron chi connectivity index (χ0n) is 16.1. The maximum absolute atomic E-state index is 12.5. The van der Waals surface area contributed by atoms with Crippen molar-refractivity contribution >= 4 is 5.96 Å². The molecular weight excluding hydrogens is 343 g/mol. The number of hydrogen-bond acceptors (Lipinski definition) is 3. The van der Waals surface area contributed by atoms with Crippen LogP contribution in [0.1, 0.15) is 39.5 Å². The monoisotopic (exact) mass is 377 g/mol. The van der Waals surface area contributed by atoms with Crippen molar-refractivity contribution in [2.75, 3.05) is 52.4 Å². The summed E-state index contributed by atoms with van der Waals surface area (Å²) in [7, 11) is 0. The number of nitrogens with zero attached hydrogens (tertiary/aromatic N) is 3. The van der Waals surface area contributed by atoms with Crippen LogP contribution in [0.4, 0.5) is 13.2 Å². The molecule has 0 aromatic carbocycles. The van der Waals surface area contributed by atoms with Crippen molar-refractivity contribution in [2.45, 2.75) is 51.7 Å². The molecule has 8 heteroatoms. The number of likely N-dealkylation sites (tertiary alicyclic amines) is 2. The average molecular weight is 377 g/mol. The van der Waals surface area contributed by atoms with Gasteiger partial charge in [-0.15, -0.1) is 0 Å². The van der Waals surface area contributed by atoms with Crippen LogP contribution in [0.5, 0.6) is 0 Å². The lowest BCUT2D eigenvalue weighted by atomic mass is 9.99. The Bertz CT molecular complexity index is 433. The lowest BCUT2D eigenvalue weighted by Crippen LogP contribution is -2.45. The van der Waals surface area contributed by atoms with E-state index in [-0.39, 0.29) is 6.04 Å². The highest BCUT2D eigenvalue weighted by Gasteiger charge is 2.34. The van der Waals surface area contributed by atoms with Gasteiger partial charge in [-0.2, -0.15) is 13.2 Å². The van der Waals surface area contributed by atoms with Crippen molar-refractivity contribution in [3.05, 3.63) is 0 Å². The topological polar surface area (TPSA) is 42.9 Å². The van der Waals surface area contributed by atoms with E-state index in [1.54, 1.807) is 0 Å². The molecule has 2 N–H and O–H groups in total. The second kappa shape index (κ2) is 10.3. The summed E-state index contributed by atoms with van der Waals surface area (Å²) >= 11 is 0. The Labute approximate surface area is 155 Å². The third-order valence-electron chi connectivity index (χ3n) is 5.14. The van der Waals surface area contributed by atoms with Gasteiger partial charge in [-0.3, -0.25) is 9.89 Å². The van der Waals surface area contributed by atoms with Crippen molar-refractivity contribution < 1.29 is 13.2 Å². The fourth-order valence-corrected chi connectivity index (χ4v) is 3.63. The quantitative estimate of drug-likeness (QED) is 0.406. The van der Waals surface area contributed by atoms with Gasteiger partial charge in [-0.25, -0.2) is 0 Å². The van der Waals surface area contributed by atoms with Gasteiger partial charge in [0.05, 0.1) is 6.54 Å². The standard InChI is InChI=1S/C18H34F3N5/c1-3-22-17(23-8-4-9-25-10-5-15(2)6-11-25)24-16-7-12-26(13-16)14-18(19,20)21/h15-16H,3-14H2,1-2H3,(H2,22,23,24). The number of nitrogens with one attached hydrogen (secondary N) is 2. The average Bonchev–Trinajstić information content (AvgIpc) is 2.98. The van der Waals surface area contributed by atoms with Crippen molar-refractivity contribution in [2.24, 2.45) is 10.9 Å². The fourth-order valence-electron chi connectivity index (χ4n) is 3.63. The van der Waals surface area contributed by atoms with Gasteiger partial charge < -0.3 is 15.5 Å². The van der Waals surface area contributed by atoms with Crippen molar-refractivity contribution in [1.82, 2.24) is 20.4 Å². The van der Waals surface area contributed by atoms with Crippen molar-refractivity contribution in [3.8, 4) is 0 Å². The van der Waals surface area contributed by atoms with E-state index in [0.29, 0.717) is 19.5 Å². The van der Waals surface area contributed by atoms with Crippen LogP contribution in [0.25, 0.3) is 0 Å². The lowest BCUT2D eigenvalue weighted by Gasteiger charge is -2.29. The smallest absolute Gasteiger partial charge is 0.357 e. The molecule has 2 aliphatic heterocycles. The molecule has 26 heavy (non-hydrogen) atoms. The zero-order valence-corrected chi connectivity index (χ0v) is 16.1. The molecule has 2 fully saturated rings. The van der Waals surface area contributed by atoms with E-state index < -0.39 is 12.7 Å². The number of hydrogen-bond donors (Lipinski definition) is 2. The van der Waals surface area contributed by atoms with Gasteiger partial charge in [0.15, 0.2) is 5.96 Å². The van der Waals surface area contributed by atoms with Crippen molar-refractivity contribution in [3.63, 3.8) is 0 Å². The Balaban J connectivity index is 1.69. The highest BCUT2D eigenvalue weighted by Crippen LogP contribution is 2.20. The Kier molecular flexibility index (Phi) is 8.47. The number of halogens is 3.